The molecule has 3 rings (SSSR count). The summed E-state index contributed by atoms with van der Waals surface area (Å²) in [5.74, 6) is -0.208. The molecule has 0 atom stereocenters. The average Bonchev–Trinajstić information content (AvgIpc) is 2.96. The number of pyridine rings is 1. The molecule has 104 valence electrons. The maximum absolute atomic E-state index is 11.3. The molecule has 0 aliphatic heterocycles. The second-order valence-electron chi connectivity index (χ2n) is 4.56. The highest BCUT2D eigenvalue weighted by molar-refractivity contribution is 5.89. The third-order valence-electron chi connectivity index (χ3n) is 3.20. The summed E-state index contributed by atoms with van der Waals surface area (Å²) in [5, 5.41) is 9.24. The maximum atomic E-state index is 11.3. The summed E-state index contributed by atoms with van der Waals surface area (Å²) < 4.78 is 1.89. The number of hydrogen-bond acceptors (Lipinski definition) is 3. The number of hydrogen-bond donors (Lipinski definition) is 1. The minimum Gasteiger partial charge on any atom is -0.478 e. The number of aromatic carboxylic acids is 1. The number of carboxylic acids is 1. The van der Waals surface area contributed by atoms with Crippen LogP contribution in [0.5, 0.6) is 0 Å². The Balaban J connectivity index is 1.98. The van der Waals surface area contributed by atoms with Gasteiger partial charge in [0.15, 0.2) is 5.82 Å². The van der Waals surface area contributed by atoms with E-state index >= 15 is 0 Å². The van der Waals surface area contributed by atoms with Crippen molar-refractivity contribution in [2.75, 3.05) is 0 Å². The third-order valence-corrected chi connectivity index (χ3v) is 3.20. The fourth-order valence-electron chi connectivity index (χ4n) is 2.22. The Kier molecular flexibility index (Phi) is 3.47. The highest BCUT2D eigenvalue weighted by atomic mass is 16.4. The Morgan fingerprint density at radius 2 is 1.86 bits per heavy atom. The van der Waals surface area contributed by atoms with Gasteiger partial charge in [0.05, 0.1) is 5.56 Å². The van der Waals surface area contributed by atoms with Crippen molar-refractivity contribution >= 4 is 5.97 Å². The molecule has 0 aliphatic rings. The monoisotopic (exact) mass is 279 g/mol. The van der Waals surface area contributed by atoms with E-state index in [1.54, 1.807) is 24.5 Å². The molecule has 5 nitrogen and oxygen atoms in total. The first-order valence-electron chi connectivity index (χ1n) is 6.49. The van der Waals surface area contributed by atoms with Gasteiger partial charge in [-0.05, 0) is 23.8 Å². The molecule has 2 heterocycles. The van der Waals surface area contributed by atoms with Crippen molar-refractivity contribution in [2.45, 2.75) is 6.54 Å². The van der Waals surface area contributed by atoms with E-state index in [0.29, 0.717) is 12.1 Å². The van der Waals surface area contributed by atoms with Crippen molar-refractivity contribution in [1.29, 1.82) is 0 Å². The van der Waals surface area contributed by atoms with E-state index in [1.807, 2.05) is 41.1 Å². The Bertz CT molecular complexity index is 766. The van der Waals surface area contributed by atoms with Gasteiger partial charge in [0.2, 0.25) is 0 Å². The Hall–Kier alpha value is -2.95. The SMILES string of the molecule is O=C(O)c1ccccc1Cn1ccnc1-c1ccccn1. The molecule has 0 radical (unpaired) electrons. The zero-order valence-corrected chi connectivity index (χ0v) is 11.2. The molecule has 0 saturated heterocycles. The lowest BCUT2D eigenvalue weighted by atomic mass is 10.1. The van der Waals surface area contributed by atoms with Gasteiger partial charge < -0.3 is 9.67 Å². The van der Waals surface area contributed by atoms with Crippen LogP contribution in [0.15, 0.2) is 61.1 Å². The van der Waals surface area contributed by atoms with E-state index < -0.39 is 5.97 Å². The predicted octanol–water partition coefficient (Wildman–Crippen LogP) is 2.69. The third kappa shape index (κ3) is 2.67. The van der Waals surface area contributed by atoms with Crippen LogP contribution in [0.3, 0.4) is 0 Å². The van der Waals surface area contributed by atoms with Crippen LogP contribution in [0.4, 0.5) is 0 Å². The normalized spacial score (nSPS) is 10.5. The number of carboxylic acid groups (broad SMARTS) is 1. The highest BCUT2D eigenvalue weighted by Crippen LogP contribution is 2.17. The van der Waals surface area contributed by atoms with Crippen molar-refractivity contribution in [3.63, 3.8) is 0 Å². The first-order valence-corrected chi connectivity index (χ1v) is 6.49. The number of aromatic nitrogens is 3. The van der Waals surface area contributed by atoms with Gasteiger partial charge in [0.1, 0.15) is 5.69 Å². The van der Waals surface area contributed by atoms with Crippen LogP contribution in [0, 0.1) is 0 Å². The molecule has 0 bridgehead atoms. The number of benzene rings is 1. The Morgan fingerprint density at radius 3 is 2.62 bits per heavy atom. The van der Waals surface area contributed by atoms with E-state index in [1.165, 1.54) is 0 Å². The lowest BCUT2D eigenvalue weighted by Gasteiger charge is -2.09. The van der Waals surface area contributed by atoms with Crippen molar-refractivity contribution in [1.82, 2.24) is 14.5 Å². The first kappa shape index (κ1) is 13.1. The number of nitrogens with zero attached hydrogens (tertiary/aromatic N) is 3. The van der Waals surface area contributed by atoms with E-state index in [9.17, 15) is 9.90 Å². The molecule has 21 heavy (non-hydrogen) atoms. The quantitative estimate of drug-likeness (QED) is 0.797. The Labute approximate surface area is 121 Å². The molecule has 0 aliphatic carbocycles. The van der Waals surface area contributed by atoms with Crippen molar-refractivity contribution in [3.05, 3.63) is 72.2 Å². The van der Waals surface area contributed by atoms with Crippen LogP contribution in [0.1, 0.15) is 15.9 Å². The van der Waals surface area contributed by atoms with E-state index in [2.05, 4.69) is 9.97 Å². The molecule has 3 aromatic rings. The van der Waals surface area contributed by atoms with Gasteiger partial charge in [0.25, 0.3) is 0 Å². The fourth-order valence-corrected chi connectivity index (χ4v) is 2.22. The standard InChI is InChI=1S/C16H13N3O2/c20-16(21)13-6-2-1-5-12(13)11-19-10-9-18-15(19)14-7-3-4-8-17-14/h1-10H,11H2,(H,20,21). The van der Waals surface area contributed by atoms with Crippen molar-refractivity contribution < 1.29 is 9.90 Å². The summed E-state index contributed by atoms with van der Waals surface area (Å²) >= 11 is 0. The van der Waals surface area contributed by atoms with Crippen LogP contribution in [0.25, 0.3) is 11.5 Å². The van der Waals surface area contributed by atoms with Crippen LogP contribution < -0.4 is 0 Å². The molecule has 2 aromatic heterocycles. The number of rotatable bonds is 4. The number of carbonyl (C=O) groups is 1. The van der Waals surface area contributed by atoms with Crippen LogP contribution in [0.2, 0.25) is 0 Å². The van der Waals surface area contributed by atoms with Gasteiger partial charge in [-0.15, -0.1) is 0 Å². The fraction of sp³-hybridized carbons (Fsp3) is 0.0625. The molecular formula is C16H13N3O2. The minimum absolute atomic E-state index is 0.304. The van der Waals surface area contributed by atoms with Crippen LogP contribution in [-0.4, -0.2) is 25.6 Å². The van der Waals surface area contributed by atoms with Gasteiger partial charge in [0, 0.05) is 25.1 Å². The topological polar surface area (TPSA) is 68.0 Å². The van der Waals surface area contributed by atoms with Gasteiger partial charge in [-0.2, -0.15) is 0 Å². The van der Waals surface area contributed by atoms with Gasteiger partial charge in [-0.1, -0.05) is 24.3 Å². The lowest BCUT2D eigenvalue weighted by molar-refractivity contribution is 0.0695. The van der Waals surface area contributed by atoms with Crippen LogP contribution in [-0.2, 0) is 6.54 Å². The Morgan fingerprint density at radius 1 is 1.05 bits per heavy atom. The summed E-state index contributed by atoms with van der Waals surface area (Å²) in [4.78, 5) is 19.9. The van der Waals surface area contributed by atoms with Crippen molar-refractivity contribution in [2.24, 2.45) is 0 Å². The molecule has 0 fully saturated rings. The van der Waals surface area contributed by atoms with E-state index in [-0.39, 0.29) is 0 Å². The summed E-state index contributed by atoms with van der Waals surface area (Å²) in [6.45, 7) is 0.439. The summed E-state index contributed by atoms with van der Waals surface area (Å²) in [6, 6.07) is 12.6. The molecule has 0 amide bonds. The summed E-state index contributed by atoms with van der Waals surface area (Å²) in [5.41, 5.74) is 1.80. The molecule has 1 N–H and O–H groups in total. The zero-order chi connectivity index (χ0) is 14.7. The first-order chi connectivity index (χ1) is 10.3. The van der Waals surface area contributed by atoms with Crippen LogP contribution >= 0.6 is 0 Å². The zero-order valence-electron chi connectivity index (χ0n) is 11.2. The molecule has 0 spiro atoms. The summed E-state index contributed by atoms with van der Waals surface area (Å²) in [6.07, 6.45) is 5.22. The molecule has 0 unspecified atom stereocenters. The highest BCUT2D eigenvalue weighted by Gasteiger charge is 2.12. The van der Waals surface area contributed by atoms with E-state index in [4.69, 9.17) is 0 Å². The lowest BCUT2D eigenvalue weighted by Crippen LogP contribution is -2.07. The van der Waals surface area contributed by atoms with Crippen molar-refractivity contribution in [3.8, 4) is 11.5 Å². The van der Waals surface area contributed by atoms with E-state index in [0.717, 1.165) is 17.1 Å². The van der Waals surface area contributed by atoms with Gasteiger partial charge >= 0.3 is 5.97 Å². The van der Waals surface area contributed by atoms with Gasteiger partial charge in [-0.25, -0.2) is 9.78 Å². The minimum atomic E-state index is -0.926. The number of imidazole rings is 1. The largest absolute Gasteiger partial charge is 0.478 e. The maximum Gasteiger partial charge on any atom is 0.336 e. The smallest absolute Gasteiger partial charge is 0.336 e. The molecule has 5 heteroatoms. The average molecular weight is 279 g/mol. The summed E-state index contributed by atoms with van der Waals surface area (Å²) in [7, 11) is 0. The second kappa shape index (κ2) is 5.58. The molecule has 1 aromatic carbocycles. The predicted molar refractivity (Wildman–Crippen MR) is 78.0 cm³/mol. The second-order valence-corrected chi connectivity index (χ2v) is 4.56. The molecular weight excluding hydrogens is 266 g/mol. The molecule has 0 saturated carbocycles. The van der Waals surface area contributed by atoms with Gasteiger partial charge in [-0.3, -0.25) is 4.98 Å².